The molecular weight excluding hydrogens is 186 g/mol. The van der Waals surface area contributed by atoms with Gasteiger partial charge in [-0.05, 0) is 24.9 Å². The topological polar surface area (TPSA) is 21.3 Å². The van der Waals surface area contributed by atoms with E-state index in [2.05, 4.69) is 42.6 Å². The first-order valence-electron chi connectivity index (χ1n) is 5.65. The molecule has 1 N–H and O–H groups in total. The first kappa shape index (κ1) is 12.2. The molecule has 0 bridgehead atoms. The number of methoxy groups -OCH3 is 1. The van der Waals surface area contributed by atoms with Crippen LogP contribution in [0.25, 0.3) is 0 Å². The van der Waals surface area contributed by atoms with E-state index in [4.69, 9.17) is 4.74 Å². The SMILES string of the molecule is CC[C@H](NCCCOC)c1ccccc1. The van der Waals surface area contributed by atoms with Crippen molar-refractivity contribution in [3.8, 4) is 0 Å². The van der Waals surface area contributed by atoms with Crippen molar-refractivity contribution >= 4 is 0 Å². The van der Waals surface area contributed by atoms with Gasteiger partial charge < -0.3 is 10.1 Å². The highest BCUT2D eigenvalue weighted by Gasteiger charge is 2.06. The van der Waals surface area contributed by atoms with Crippen LogP contribution in [0.1, 0.15) is 31.4 Å². The van der Waals surface area contributed by atoms with Crippen molar-refractivity contribution < 1.29 is 4.74 Å². The summed E-state index contributed by atoms with van der Waals surface area (Å²) in [7, 11) is 1.74. The van der Waals surface area contributed by atoms with Gasteiger partial charge in [-0.25, -0.2) is 0 Å². The Labute approximate surface area is 92.6 Å². The summed E-state index contributed by atoms with van der Waals surface area (Å²) in [5.41, 5.74) is 1.37. The second kappa shape index (κ2) is 7.43. The Morgan fingerprint density at radius 1 is 1.27 bits per heavy atom. The number of hydrogen-bond acceptors (Lipinski definition) is 2. The average Bonchev–Trinajstić information content (AvgIpc) is 2.30. The van der Waals surface area contributed by atoms with Gasteiger partial charge in [-0.3, -0.25) is 0 Å². The van der Waals surface area contributed by atoms with Crippen molar-refractivity contribution in [1.82, 2.24) is 5.32 Å². The van der Waals surface area contributed by atoms with Crippen molar-refractivity contribution in [1.29, 1.82) is 0 Å². The van der Waals surface area contributed by atoms with Gasteiger partial charge in [0.05, 0.1) is 0 Å². The quantitative estimate of drug-likeness (QED) is 0.694. The Balaban J connectivity index is 2.36. The highest BCUT2D eigenvalue weighted by Crippen LogP contribution is 2.15. The molecule has 0 radical (unpaired) electrons. The van der Waals surface area contributed by atoms with Gasteiger partial charge in [0.15, 0.2) is 0 Å². The second-order valence-electron chi connectivity index (χ2n) is 3.67. The van der Waals surface area contributed by atoms with Gasteiger partial charge in [0.1, 0.15) is 0 Å². The zero-order chi connectivity index (χ0) is 10.9. The molecule has 1 rings (SSSR count). The lowest BCUT2D eigenvalue weighted by Gasteiger charge is -2.17. The van der Waals surface area contributed by atoms with Crippen molar-refractivity contribution in [3.63, 3.8) is 0 Å². The lowest BCUT2D eigenvalue weighted by molar-refractivity contribution is 0.193. The molecule has 0 aromatic heterocycles. The summed E-state index contributed by atoms with van der Waals surface area (Å²) in [5.74, 6) is 0. The number of rotatable bonds is 7. The summed E-state index contributed by atoms with van der Waals surface area (Å²) in [5, 5.41) is 3.54. The summed E-state index contributed by atoms with van der Waals surface area (Å²) in [4.78, 5) is 0. The Hall–Kier alpha value is -0.860. The van der Waals surface area contributed by atoms with Crippen LogP contribution in [-0.2, 0) is 4.74 Å². The lowest BCUT2D eigenvalue weighted by atomic mass is 10.0. The van der Waals surface area contributed by atoms with Crippen LogP contribution < -0.4 is 5.32 Å². The molecular formula is C13H21NO. The summed E-state index contributed by atoms with van der Waals surface area (Å²) in [6.07, 6.45) is 2.19. The monoisotopic (exact) mass is 207 g/mol. The number of ether oxygens (including phenoxy) is 1. The smallest absolute Gasteiger partial charge is 0.0474 e. The molecule has 84 valence electrons. The van der Waals surface area contributed by atoms with E-state index in [1.807, 2.05) is 0 Å². The standard InChI is InChI=1S/C13H21NO/c1-3-13(14-10-7-11-15-2)12-8-5-4-6-9-12/h4-6,8-9,13-14H,3,7,10-11H2,1-2H3/t13-/m0/s1. The third-order valence-corrected chi connectivity index (χ3v) is 2.53. The molecule has 1 aromatic rings. The predicted molar refractivity (Wildman–Crippen MR) is 64.0 cm³/mol. The van der Waals surface area contributed by atoms with E-state index in [9.17, 15) is 0 Å². The molecule has 0 spiro atoms. The average molecular weight is 207 g/mol. The van der Waals surface area contributed by atoms with Crippen molar-refractivity contribution in [2.45, 2.75) is 25.8 Å². The van der Waals surface area contributed by atoms with Crippen LogP contribution in [0.4, 0.5) is 0 Å². The van der Waals surface area contributed by atoms with E-state index in [0.29, 0.717) is 6.04 Å². The third kappa shape index (κ3) is 4.45. The second-order valence-corrected chi connectivity index (χ2v) is 3.67. The van der Waals surface area contributed by atoms with E-state index < -0.39 is 0 Å². The number of nitrogens with one attached hydrogen (secondary N) is 1. The van der Waals surface area contributed by atoms with E-state index in [0.717, 1.165) is 26.0 Å². The van der Waals surface area contributed by atoms with Crippen LogP contribution in [0, 0.1) is 0 Å². The molecule has 0 heterocycles. The van der Waals surface area contributed by atoms with Crippen molar-refractivity contribution in [2.24, 2.45) is 0 Å². The molecule has 0 saturated carbocycles. The van der Waals surface area contributed by atoms with Crippen LogP contribution in [0.2, 0.25) is 0 Å². The summed E-state index contributed by atoms with van der Waals surface area (Å²) in [6.45, 7) is 4.06. The zero-order valence-corrected chi connectivity index (χ0v) is 9.70. The Bertz CT molecular complexity index is 248. The Morgan fingerprint density at radius 3 is 2.60 bits per heavy atom. The molecule has 0 unspecified atom stereocenters. The largest absolute Gasteiger partial charge is 0.385 e. The summed E-state index contributed by atoms with van der Waals surface area (Å²) in [6, 6.07) is 11.1. The molecule has 0 aliphatic carbocycles. The van der Waals surface area contributed by atoms with E-state index in [1.165, 1.54) is 5.56 Å². The number of hydrogen-bond donors (Lipinski definition) is 1. The highest BCUT2D eigenvalue weighted by atomic mass is 16.5. The van der Waals surface area contributed by atoms with E-state index in [1.54, 1.807) is 7.11 Å². The Kier molecular flexibility index (Phi) is 6.05. The van der Waals surface area contributed by atoms with Crippen LogP contribution in [0.3, 0.4) is 0 Å². The summed E-state index contributed by atoms with van der Waals surface area (Å²) < 4.78 is 5.02. The van der Waals surface area contributed by atoms with Crippen LogP contribution in [-0.4, -0.2) is 20.3 Å². The maximum atomic E-state index is 5.02. The van der Waals surface area contributed by atoms with Gasteiger partial charge in [0.25, 0.3) is 0 Å². The molecule has 2 nitrogen and oxygen atoms in total. The minimum atomic E-state index is 0.475. The van der Waals surface area contributed by atoms with Gasteiger partial charge in [-0.1, -0.05) is 37.3 Å². The summed E-state index contributed by atoms with van der Waals surface area (Å²) >= 11 is 0. The van der Waals surface area contributed by atoms with Crippen molar-refractivity contribution in [2.75, 3.05) is 20.3 Å². The molecule has 1 atom stereocenters. The van der Waals surface area contributed by atoms with Gasteiger partial charge >= 0.3 is 0 Å². The molecule has 0 amide bonds. The molecule has 2 heteroatoms. The third-order valence-electron chi connectivity index (χ3n) is 2.53. The minimum Gasteiger partial charge on any atom is -0.385 e. The van der Waals surface area contributed by atoms with Crippen LogP contribution >= 0.6 is 0 Å². The lowest BCUT2D eigenvalue weighted by Crippen LogP contribution is -2.22. The first-order chi connectivity index (χ1) is 7.38. The number of benzene rings is 1. The van der Waals surface area contributed by atoms with Crippen LogP contribution in [0.5, 0.6) is 0 Å². The van der Waals surface area contributed by atoms with E-state index >= 15 is 0 Å². The van der Waals surface area contributed by atoms with Gasteiger partial charge in [0.2, 0.25) is 0 Å². The fourth-order valence-corrected chi connectivity index (χ4v) is 1.68. The molecule has 0 saturated heterocycles. The molecule has 15 heavy (non-hydrogen) atoms. The molecule has 1 aromatic carbocycles. The molecule has 0 fully saturated rings. The van der Waals surface area contributed by atoms with Gasteiger partial charge in [0, 0.05) is 19.8 Å². The minimum absolute atomic E-state index is 0.475. The van der Waals surface area contributed by atoms with Crippen molar-refractivity contribution in [3.05, 3.63) is 35.9 Å². The highest BCUT2D eigenvalue weighted by molar-refractivity contribution is 5.18. The van der Waals surface area contributed by atoms with Crippen LogP contribution in [0.15, 0.2) is 30.3 Å². The fourth-order valence-electron chi connectivity index (χ4n) is 1.68. The van der Waals surface area contributed by atoms with E-state index in [-0.39, 0.29) is 0 Å². The zero-order valence-electron chi connectivity index (χ0n) is 9.70. The first-order valence-corrected chi connectivity index (χ1v) is 5.65. The normalized spacial score (nSPS) is 12.7. The Morgan fingerprint density at radius 2 is 2.00 bits per heavy atom. The fraction of sp³-hybridized carbons (Fsp3) is 0.538. The maximum absolute atomic E-state index is 5.02. The molecule has 0 aliphatic heterocycles. The molecule has 0 aliphatic rings. The maximum Gasteiger partial charge on any atom is 0.0474 e. The van der Waals surface area contributed by atoms with Gasteiger partial charge in [-0.15, -0.1) is 0 Å². The predicted octanol–water partition coefficient (Wildman–Crippen LogP) is 2.76. The van der Waals surface area contributed by atoms with Gasteiger partial charge in [-0.2, -0.15) is 0 Å².